The average Bonchev–Trinajstić information content (AvgIpc) is 3.13. The normalized spacial score (nSPS) is 19.2. The highest BCUT2D eigenvalue weighted by atomic mass is 35.5. The van der Waals surface area contributed by atoms with E-state index in [4.69, 9.17) is 33.3 Å². The number of carbonyl (C=O) groups excluding carboxylic acids is 1. The average molecular weight is 499 g/mol. The number of hydrogen-bond acceptors (Lipinski definition) is 5. The van der Waals surface area contributed by atoms with Crippen molar-refractivity contribution in [3.05, 3.63) is 80.5 Å². The summed E-state index contributed by atoms with van der Waals surface area (Å²) in [4.78, 5) is 18.1. The summed E-state index contributed by atoms with van der Waals surface area (Å²) in [5, 5.41) is 9.93. The fourth-order valence-electron chi connectivity index (χ4n) is 4.58. The first kappa shape index (κ1) is 22.5. The molecule has 0 amide bonds. The Morgan fingerprint density at radius 1 is 1.18 bits per heavy atom. The van der Waals surface area contributed by atoms with Gasteiger partial charge in [-0.25, -0.2) is 4.68 Å². The Morgan fingerprint density at radius 3 is 2.73 bits per heavy atom. The van der Waals surface area contributed by atoms with Gasteiger partial charge in [0.1, 0.15) is 6.04 Å². The number of allylic oxidation sites excluding steroid dienone is 2. The van der Waals surface area contributed by atoms with Crippen LogP contribution in [0.25, 0.3) is 0 Å². The Labute approximate surface area is 207 Å². The molecule has 0 bridgehead atoms. The highest BCUT2D eigenvalue weighted by Gasteiger charge is 2.42. The molecule has 33 heavy (non-hydrogen) atoms. The lowest BCUT2D eigenvalue weighted by molar-refractivity contribution is -0.118. The lowest BCUT2D eigenvalue weighted by Gasteiger charge is -2.38. The summed E-state index contributed by atoms with van der Waals surface area (Å²) in [7, 11) is 0. The molecule has 170 valence electrons. The highest BCUT2D eigenvalue weighted by molar-refractivity contribution is 7.98. The van der Waals surface area contributed by atoms with E-state index in [1.807, 2.05) is 18.2 Å². The number of carbonyl (C=O) groups is 1. The molecule has 1 aromatic heterocycles. The van der Waals surface area contributed by atoms with Gasteiger partial charge in [-0.15, -0.1) is 5.10 Å². The first-order chi connectivity index (χ1) is 15.7. The van der Waals surface area contributed by atoms with Crippen molar-refractivity contribution in [2.75, 3.05) is 5.32 Å². The molecule has 0 saturated carbocycles. The molecule has 1 aliphatic carbocycles. The van der Waals surface area contributed by atoms with Gasteiger partial charge in [0.05, 0.1) is 0 Å². The van der Waals surface area contributed by atoms with E-state index < -0.39 is 6.04 Å². The minimum atomic E-state index is -0.440. The Morgan fingerprint density at radius 2 is 1.97 bits per heavy atom. The second-order valence-electron chi connectivity index (χ2n) is 9.40. The SMILES string of the molecule is Cc1ccccc1CSc1nc2n(n1)[C@@H](c1ccc(Cl)cc1Cl)C1=C(CC(C)(C)CC1=O)N2. The Bertz CT molecular complexity index is 1300. The first-order valence-corrected chi connectivity index (χ1v) is 12.6. The third kappa shape index (κ3) is 4.32. The molecule has 2 aromatic carbocycles. The van der Waals surface area contributed by atoms with Crippen LogP contribution in [0.5, 0.6) is 0 Å². The van der Waals surface area contributed by atoms with Gasteiger partial charge >= 0.3 is 0 Å². The van der Waals surface area contributed by atoms with Gasteiger partial charge in [-0.05, 0) is 42.0 Å². The lowest BCUT2D eigenvalue weighted by atomic mass is 9.73. The maximum absolute atomic E-state index is 13.3. The maximum Gasteiger partial charge on any atom is 0.227 e. The van der Waals surface area contributed by atoms with Crippen LogP contribution >= 0.6 is 35.0 Å². The summed E-state index contributed by atoms with van der Waals surface area (Å²) in [6.07, 6.45) is 1.24. The number of ketones is 1. The molecule has 5 nitrogen and oxygen atoms in total. The number of anilines is 1. The van der Waals surface area contributed by atoms with Gasteiger partial charge in [0.15, 0.2) is 5.78 Å². The molecule has 3 aromatic rings. The number of aryl methyl sites for hydroxylation is 1. The zero-order valence-corrected chi connectivity index (χ0v) is 21.0. The number of aromatic nitrogens is 3. The van der Waals surface area contributed by atoms with E-state index in [9.17, 15) is 4.79 Å². The molecule has 0 radical (unpaired) electrons. The summed E-state index contributed by atoms with van der Waals surface area (Å²) >= 11 is 14.4. The number of nitrogens with one attached hydrogen (secondary N) is 1. The molecule has 0 saturated heterocycles. The zero-order valence-electron chi connectivity index (χ0n) is 18.7. The second-order valence-corrected chi connectivity index (χ2v) is 11.2. The van der Waals surface area contributed by atoms with E-state index in [0.717, 1.165) is 23.4 Å². The van der Waals surface area contributed by atoms with Gasteiger partial charge in [0, 0.05) is 39.1 Å². The van der Waals surface area contributed by atoms with Crippen molar-refractivity contribution in [1.29, 1.82) is 0 Å². The largest absolute Gasteiger partial charge is 0.328 e. The second kappa shape index (κ2) is 8.49. The number of nitrogens with zero attached hydrogens (tertiary/aromatic N) is 3. The lowest BCUT2D eigenvalue weighted by Crippen LogP contribution is -2.36. The minimum absolute atomic E-state index is 0.111. The Kier molecular flexibility index (Phi) is 5.79. The van der Waals surface area contributed by atoms with Crippen LogP contribution in [0.4, 0.5) is 5.95 Å². The standard InChI is InChI=1S/C25H24Cl2N4OS/c1-14-6-4-5-7-15(14)13-33-24-29-23-28-19-11-25(2,3)12-20(32)21(19)22(31(23)30-24)17-9-8-16(26)10-18(17)27/h4-10,22H,11-13H2,1-3H3,(H,28,29,30)/t22-/m0/s1. The van der Waals surface area contributed by atoms with Crippen LogP contribution in [0.3, 0.4) is 0 Å². The van der Waals surface area contributed by atoms with E-state index in [-0.39, 0.29) is 11.2 Å². The van der Waals surface area contributed by atoms with Crippen molar-refractivity contribution in [3.8, 4) is 0 Å². The van der Waals surface area contributed by atoms with Crippen LogP contribution in [0, 0.1) is 12.3 Å². The molecule has 1 N–H and O–H groups in total. The summed E-state index contributed by atoms with van der Waals surface area (Å²) in [5.74, 6) is 1.50. The molecule has 1 aliphatic heterocycles. The fraction of sp³-hybridized carbons (Fsp3) is 0.320. The third-order valence-corrected chi connectivity index (χ3v) is 7.64. The van der Waals surface area contributed by atoms with Crippen molar-refractivity contribution >= 4 is 46.7 Å². The van der Waals surface area contributed by atoms with E-state index in [1.54, 1.807) is 28.6 Å². The monoisotopic (exact) mass is 498 g/mol. The van der Waals surface area contributed by atoms with Crippen LogP contribution in [-0.4, -0.2) is 20.5 Å². The van der Waals surface area contributed by atoms with Crippen molar-refractivity contribution < 1.29 is 4.79 Å². The fourth-order valence-corrected chi connectivity index (χ4v) is 5.99. The highest BCUT2D eigenvalue weighted by Crippen LogP contribution is 2.47. The van der Waals surface area contributed by atoms with Crippen molar-refractivity contribution in [2.24, 2.45) is 5.41 Å². The Balaban J connectivity index is 1.56. The molecule has 5 rings (SSSR count). The van der Waals surface area contributed by atoms with E-state index >= 15 is 0 Å². The van der Waals surface area contributed by atoms with Gasteiger partial charge < -0.3 is 5.32 Å². The minimum Gasteiger partial charge on any atom is -0.328 e. The first-order valence-electron chi connectivity index (χ1n) is 10.8. The van der Waals surface area contributed by atoms with E-state index in [0.29, 0.717) is 33.1 Å². The topological polar surface area (TPSA) is 59.8 Å². The van der Waals surface area contributed by atoms with Crippen LogP contribution in [0.2, 0.25) is 10.0 Å². The molecule has 1 atom stereocenters. The van der Waals surface area contributed by atoms with E-state index in [2.05, 4.69) is 38.2 Å². The maximum atomic E-state index is 13.3. The third-order valence-electron chi connectivity index (χ3n) is 6.19. The molecular weight excluding hydrogens is 475 g/mol. The molecule has 2 aliphatic rings. The summed E-state index contributed by atoms with van der Waals surface area (Å²) < 4.78 is 1.80. The number of Topliss-reactive ketones (excluding diaryl/α,β-unsaturated/α-hetero) is 1. The molecule has 0 unspecified atom stereocenters. The van der Waals surface area contributed by atoms with Crippen molar-refractivity contribution in [1.82, 2.24) is 14.8 Å². The summed E-state index contributed by atoms with van der Waals surface area (Å²) in [5.41, 5.74) is 4.78. The van der Waals surface area contributed by atoms with Crippen LogP contribution in [0.1, 0.15) is 49.4 Å². The molecule has 8 heteroatoms. The van der Waals surface area contributed by atoms with E-state index in [1.165, 1.54) is 11.1 Å². The summed E-state index contributed by atoms with van der Waals surface area (Å²) in [6.45, 7) is 6.33. The predicted octanol–water partition coefficient (Wildman–Crippen LogP) is 6.84. The zero-order chi connectivity index (χ0) is 23.3. The van der Waals surface area contributed by atoms with Gasteiger partial charge in [-0.2, -0.15) is 4.98 Å². The summed E-state index contributed by atoms with van der Waals surface area (Å²) in [6, 6.07) is 13.3. The predicted molar refractivity (Wildman–Crippen MR) is 134 cm³/mol. The number of benzene rings is 2. The number of rotatable bonds is 4. The molecule has 2 heterocycles. The quantitative estimate of drug-likeness (QED) is 0.398. The van der Waals surface area contributed by atoms with Crippen molar-refractivity contribution in [2.45, 2.75) is 50.6 Å². The van der Waals surface area contributed by atoms with Crippen LogP contribution in [-0.2, 0) is 10.5 Å². The number of fused-ring (bicyclic) bond motifs is 1. The number of thioether (sulfide) groups is 1. The van der Waals surface area contributed by atoms with Crippen LogP contribution in [0.15, 0.2) is 58.9 Å². The van der Waals surface area contributed by atoms with Gasteiger partial charge in [0.2, 0.25) is 11.1 Å². The Hall–Kier alpha value is -2.28. The van der Waals surface area contributed by atoms with Crippen LogP contribution < -0.4 is 5.32 Å². The van der Waals surface area contributed by atoms with Gasteiger partial charge in [0.25, 0.3) is 0 Å². The molecule has 0 fully saturated rings. The van der Waals surface area contributed by atoms with Gasteiger partial charge in [-0.3, -0.25) is 4.79 Å². The van der Waals surface area contributed by atoms with Gasteiger partial charge in [-0.1, -0.05) is 79.1 Å². The number of halogens is 2. The van der Waals surface area contributed by atoms with Crippen molar-refractivity contribution in [3.63, 3.8) is 0 Å². The molecular formula is C25H24Cl2N4OS. The molecule has 0 spiro atoms. The number of hydrogen-bond donors (Lipinski definition) is 1. The smallest absolute Gasteiger partial charge is 0.227 e.